The third-order valence-corrected chi connectivity index (χ3v) is 4.00. The molecule has 1 saturated heterocycles. The number of anilines is 1. The average Bonchev–Trinajstić information content (AvgIpc) is 2.35. The van der Waals surface area contributed by atoms with Gasteiger partial charge in [0.05, 0.1) is 0 Å². The lowest BCUT2D eigenvalue weighted by molar-refractivity contribution is 0.211. The second-order valence-electron chi connectivity index (χ2n) is 5.98. The molecule has 0 aliphatic carbocycles. The molecule has 4 heteroatoms. The van der Waals surface area contributed by atoms with Crippen molar-refractivity contribution >= 4 is 23.0 Å². The van der Waals surface area contributed by atoms with Crippen molar-refractivity contribution < 1.29 is 0 Å². The van der Waals surface area contributed by atoms with Gasteiger partial charge in [-0.25, -0.2) is 0 Å². The fraction of sp³-hybridized carbons (Fsp3) is 0.562. The van der Waals surface area contributed by atoms with E-state index in [-0.39, 0.29) is 0 Å². The molecule has 1 atom stereocenters. The van der Waals surface area contributed by atoms with Crippen LogP contribution < -0.4 is 10.6 Å². The average molecular weight is 291 g/mol. The zero-order valence-electron chi connectivity index (χ0n) is 12.7. The van der Waals surface area contributed by atoms with Crippen molar-refractivity contribution in [2.75, 3.05) is 32.0 Å². The fourth-order valence-electron chi connectivity index (χ4n) is 2.90. The van der Waals surface area contributed by atoms with Crippen LogP contribution >= 0.6 is 12.2 Å². The van der Waals surface area contributed by atoms with Crippen molar-refractivity contribution in [1.82, 2.24) is 10.2 Å². The second kappa shape index (κ2) is 7.04. The van der Waals surface area contributed by atoms with Gasteiger partial charge < -0.3 is 15.5 Å². The van der Waals surface area contributed by atoms with E-state index in [0.29, 0.717) is 5.92 Å². The molecule has 20 heavy (non-hydrogen) atoms. The zero-order chi connectivity index (χ0) is 14.5. The predicted molar refractivity (Wildman–Crippen MR) is 90.4 cm³/mol. The highest BCUT2D eigenvalue weighted by Gasteiger charge is 2.16. The van der Waals surface area contributed by atoms with Crippen LogP contribution in [-0.4, -0.2) is 36.7 Å². The van der Waals surface area contributed by atoms with Crippen molar-refractivity contribution in [1.29, 1.82) is 0 Å². The van der Waals surface area contributed by atoms with E-state index < -0.39 is 0 Å². The van der Waals surface area contributed by atoms with Crippen molar-refractivity contribution in [3.63, 3.8) is 0 Å². The zero-order valence-corrected chi connectivity index (χ0v) is 13.5. The van der Waals surface area contributed by atoms with Gasteiger partial charge in [-0.3, -0.25) is 0 Å². The van der Waals surface area contributed by atoms with E-state index >= 15 is 0 Å². The molecule has 1 aliphatic heterocycles. The first-order valence-corrected chi connectivity index (χ1v) is 7.75. The highest BCUT2D eigenvalue weighted by molar-refractivity contribution is 7.80. The Kier molecular flexibility index (Phi) is 5.38. The summed E-state index contributed by atoms with van der Waals surface area (Å²) in [6, 6.07) is 6.41. The number of piperidine rings is 1. The summed E-state index contributed by atoms with van der Waals surface area (Å²) in [5, 5.41) is 7.36. The monoisotopic (exact) mass is 291 g/mol. The van der Waals surface area contributed by atoms with Crippen LogP contribution in [0.25, 0.3) is 0 Å². The van der Waals surface area contributed by atoms with Gasteiger partial charge in [0.15, 0.2) is 5.11 Å². The summed E-state index contributed by atoms with van der Waals surface area (Å²) in [5.74, 6) is 0.702. The molecule has 0 radical (unpaired) electrons. The number of hydrogen-bond donors (Lipinski definition) is 2. The summed E-state index contributed by atoms with van der Waals surface area (Å²) in [5.41, 5.74) is 3.58. The van der Waals surface area contributed by atoms with Crippen molar-refractivity contribution in [2.24, 2.45) is 5.92 Å². The number of hydrogen-bond acceptors (Lipinski definition) is 2. The normalized spacial score (nSPS) is 19.6. The lowest BCUT2D eigenvalue weighted by atomic mass is 9.99. The number of aryl methyl sites for hydroxylation is 2. The maximum absolute atomic E-state index is 5.38. The van der Waals surface area contributed by atoms with Gasteiger partial charge in [-0.2, -0.15) is 0 Å². The van der Waals surface area contributed by atoms with Crippen LogP contribution in [0.5, 0.6) is 0 Å². The lowest BCUT2D eigenvalue weighted by Gasteiger charge is -2.30. The molecule has 1 aromatic rings. The van der Waals surface area contributed by atoms with Gasteiger partial charge in [0.1, 0.15) is 0 Å². The van der Waals surface area contributed by atoms with Crippen LogP contribution in [0.3, 0.4) is 0 Å². The van der Waals surface area contributed by atoms with E-state index in [2.05, 4.69) is 54.6 Å². The molecule has 1 aliphatic rings. The maximum Gasteiger partial charge on any atom is 0.170 e. The molecule has 1 fully saturated rings. The largest absolute Gasteiger partial charge is 0.362 e. The molecule has 110 valence electrons. The molecular weight excluding hydrogens is 266 g/mol. The lowest BCUT2D eigenvalue weighted by Crippen LogP contribution is -2.40. The Morgan fingerprint density at radius 3 is 2.65 bits per heavy atom. The molecule has 0 spiro atoms. The van der Waals surface area contributed by atoms with Gasteiger partial charge in [0.2, 0.25) is 0 Å². The Balaban J connectivity index is 1.80. The van der Waals surface area contributed by atoms with Crippen molar-refractivity contribution in [3.8, 4) is 0 Å². The van der Waals surface area contributed by atoms with Crippen molar-refractivity contribution in [2.45, 2.75) is 26.7 Å². The van der Waals surface area contributed by atoms with E-state index in [0.717, 1.165) is 17.3 Å². The van der Waals surface area contributed by atoms with Crippen LogP contribution in [-0.2, 0) is 0 Å². The van der Waals surface area contributed by atoms with Gasteiger partial charge in [-0.05, 0) is 81.7 Å². The van der Waals surface area contributed by atoms with E-state index in [1.807, 2.05) is 0 Å². The van der Waals surface area contributed by atoms with Gasteiger partial charge in [-0.1, -0.05) is 6.07 Å². The quantitative estimate of drug-likeness (QED) is 0.837. The number of rotatable bonds is 3. The Labute approximate surface area is 127 Å². The molecule has 1 aromatic carbocycles. The minimum atomic E-state index is 0.702. The number of nitrogens with one attached hydrogen (secondary N) is 2. The van der Waals surface area contributed by atoms with Crippen LogP contribution in [0.2, 0.25) is 0 Å². The van der Waals surface area contributed by atoms with E-state index in [9.17, 15) is 0 Å². The fourth-order valence-corrected chi connectivity index (χ4v) is 3.10. The number of thiocarbonyl (C=S) groups is 1. The molecule has 0 bridgehead atoms. The molecule has 1 heterocycles. The Morgan fingerprint density at radius 1 is 1.30 bits per heavy atom. The van der Waals surface area contributed by atoms with Gasteiger partial charge in [-0.15, -0.1) is 0 Å². The topological polar surface area (TPSA) is 27.3 Å². The minimum absolute atomic E-state index is 0.702. The maximum atomic E-state index is 5.38. The summed E-state index contributed by atoms with van der Waals surface area (Å²) >= 11 is 5.38. The molecule has 2 N–H and O–H groups in total. The molecule has 0 saturated carbocycles. The smallest absolute Gasteiger partial charge is 0.170 e. The number of benzene rings is 1. The van der Waals surface area contributed by atoms with Crippen molar-refractivity contribution in [3.05, 3.63) is 29.3 Å². The second-order valence-corrected chi connectivity index (χ2v) is 6.39. The number of likely N-dealkylation sites (tertiary alicyclic amines) is 1. The first-order chi connectivity index (χ1) is 9.52. The Bertz CT molecular complexity index is 453. The summed E-state index contributed by atoms with van der Waals surface area (Å²) in [6.45, 7) is 7.56. The Hall–Kier alpha value is -1.13. The summed E-state index contributed by atoms with van der Waals surface area (Å²) in [4.78, 5) is 2.40. The summed E-state index contributed by atoms with van der Waals surface area (Å²) in [6.07, 6.45) is 2.59. The van der Waals surface area contributed by atoms with Crippen LogP contribution in [0.4, 0.5) is 5.69 Å². The minimum Gasteiger partial charge on any atom is -0.362 e. The standard InChI is InChI=1S/C16H25N3S/c1-12-7-13(2)9-15(8-12)18-16(20)17-10-14-5-4-6-19(3)11-14/h7-9,14H,4-6,10-11H2,1-3H3,(H2,17,18,20)/t14-/m1/s1. The highest BCUT2D eigenvalue weighted by Crippen LogP contribution is 2.15. The first-order valence-electron chi connectivity index (χ1n) is 7.34. The van der Waals surface area contributed by atoms with Crippen LogP contribution in [0, 0.1) is 19.8 Å². The first kappa shape index (κ1) is 15.3. The predicted octanol–water partition coefficient (Wildman–Crippen LogP) is 2.93. The molecule has 0 amide bonds. The van der Waals surface area contributed by atoms with E-state index in [1.54, 1.807) is 0 Å². The van der Waals surface area contributed by atoms with E-state index in [4.69, 9.17) is 12.2 Å². The number of nitrogens with zero attached hydrogens (tertiary/aromatic N) is 1. The molecule has 3 nitrogen and oxygen atoms in total. The molecule has 2 rings (SSSR count). The third kappa shape index (κ3) is 4.76. The van der Waals surface area contributed by atoms with Crippen LogP contribution in [0.15, 0.2) is 18.2 Å². The summed E-state index contributed by atoms with van der Waals surface area (Å²) in [7, 11) is 2.19. The molecular formula is C16H25N3S. The van der Waals surface area contributed by atoms with Gasteiger partial charge in [0.25, 0.3) is 0 Å². The molecule has 0 aromatic heterocycles. The molecule has 0 unspecified atom stereocenters. The highest BCUT2D eigenvalue weighted by atomic mass is 32.1. The van der Waals surface area contributed by atoms with Gasteiger partial charge >= 0.3 is 0 Å². The Morgan fingerprint density at radius 2 is 2.00 bits per heavy atom. The van der Waals surface area contributed by atoms with Gasteiger partial charge in [0, 0.05) is 18.8 Å². The van der Waals surface area contributed by atoms with E-state index in [1.165, 1.54) is 37.1 Å². The SMILES string of the molecule is Cc1cc(C)cc(NC(=S)NC[C@H]2CCCN(C)C2)c1. The third-order valence-electron chi connectivity index (χ3n) is 3.75. The van der Waals surface area contributed by atoms with Crippen LogP contribution in [0.1, 0.15) is 24.0 Å². The summed E-state index contributed by atoms with van der Waals surface area (Å²) < 4.78 is 0.